The fraction of sp³-hybridized carbons (Fsp3) is 0.733. The Morgan fingerprint density at radius 3 is 2.57 bits per heavy atom. The van der Waals surface area contributed by atoms with Gasteiger partial charge in [0, 0.05) is 33.4 Å². The molecule has 0 aliphatic rings. The van der Waals surface area contributed by atoms with Crippen LogP contribution in [0.25, 0.3) is 0 Å². The fourth-order valence-corrected chi connectivity index (χ4v) is 2.14. The topological polar surface area (TPSA) is 54.2 Å². The van der Waals surface area contributed by atoms with E-state index >= 15 is 0 Å². The fourth-order valence-electron chi connectivity index (χ4n) is 2.14. The highest BCUT2D eigenvalue weighted by Gasteiger charge is 2.04. The first-order chi connectivity index (χ1) is 9.69. The molecular formula is C15H30IN5. The van der Waals surface area contributed by atoms with Crippen LogP contribution in [0.3, 0.4) is 0 Å². The van der Waals surface area contributed by atoms with E-state index in [9.17, 15) is 0 Å². The summed E-state index contributed by atoms with van der Waals surface area (Å²) in [6.07, 6.45) is 8.55. The van der Waals surface area contributed by atoms with Gasteiger partial charge in [0.15, 0.2) is 5.96 Å². The van der Waals surface area contributed by atoms with Gasteiger partial charge in [0.25, 0.3) is 0 Å². The summed E-state index contributed by atoms with van der Waals surface area (Å²) in [5.41, 5.74) is 1.29. The minimum atomic E-state index is 0. The van der Waals surface area contributed by atoms with Gasteiger partial charge in [-0.3, -0.25) is 9.67 Å². The molecule has 0 aliphatic heterocycles. The Labute approximate surface area is 146 Å². The molecule has 2 N–H and O–H groups in total. The van der Waals surface area contributed by atoms with Crippen LogP contribution in [0.15, 0.2) is 17.4 Å². The molecule has 0 unspecified atom stereocenters. The lowest BCUT2D eigenvalue weighted by molar-refractivity contribution is 0.481. The van der Waals surface area contributed by atoms with Gasteiger partial charge in [0.1, 0.15) is 0 Å². The number of nitrogens with zero attached hydrogens (tertiary/aromatic N) is 3. The van der Waals surface area contributed by atoms with Gasteiger partial charge in [-0.05, 0) is 24.3 Å². The molecule has 0 saturated heterocycles. The van der Waals surface area contributed by atoms with E-state index < -0.39 is 0 Å². The Hall–Kier alpha value is -0.790. The van der Waals surface area contributed by atoms with E-state index in [-0.39, 0.29) is 24.0 Å². The van der Waals surface area contributed by atoms with E-state index in [2.05, 4.69) is 40.8 Å². The summed E-state index contributed by atoms with van der Waals surface area (Å²) in [5.74, 6) is 1.63. The van der Waals surface area contributed by atoms with E-state index in [0.717, 1.165) is 37.8 Å². The monoisotopic (exact) mass is 407 g/mol. The number of guanidine groups is 1. The molecule has 0 bridgehead atoms. The molecule has 1 aromatic heterocycles. The number of aryl methyl sites for hydroxylation is 2. The van der Waals surface area contributed by atoms with Gasteiger partial charge in [0.2, 0.25) is 0 Å². The molecule has 6 heteroatoms. The summed E-state index contributed by atoms with van der Waals surface area (Å²) < 4.78 is 1.85. The Kier molecular flexibility index (Phi) is 11.4. The summed E-state index contributed by atoms with van der Waals surface area (Å²) in [7, 11) is 3.77. The lowest BCUT2D eigenvalue weighted by Crippen LogP contribution is -2.40. The molecule has 1 heterocycles. The molecule has 0 amide bonds. The van der Waals surface area contributed by atoms with Crippen molar-refractivity contribution in [3.8, 4) is 0 Å². The number of aliphatic imine (C=N–C) groups is 1. The number of halogens is 1. The third-order valence-electron chi connectivity index (χ3n) is 3.63. The molecule has 0 fully saturated rings. The van der Waals surface area contributed by atoms with Crippen molar-refractivity contribution in [1.29, 1.82) is 0 Å². The Balaban J connectivity index is 0.00000400. The molecule has 1 aromatic rings. The molecule has 0 aromatic carbocycles. The van der Waals surface area contributed by atoms with Crippen LogP contribution in [0, 0.1) is 5.92 Å². The quantitative estimate of drug-likeness (QED) is 0.302. The summed E-state index contributed by atoms with van der Waals surface area (Å²) >= 11 is 0. The van der Waals surface area contributed by atoms with Crippen LogP contribution in [-0.2, 0) is 13.5 Å². The van der Waals surface area contributed by atoms with Gasteiger partial charge in [-0.15, -0.1) is 24.0 Å². The predicted octanol–water partition coefficient (Wildman–Crippen LogP) is 2.57. The van der Waals surface area contributed by atoms with Gasteiger partial charge in [-0.25, -0.2) is 0 Å². The zero-order valence-electron chi connectivity index (χ0n) is 13.7. The summed E-state index contributed by atoms with van der Waals surface area (Å²) in [6.45, 7) is 6.40. The molecule has 1 rings (SSSR count). The van der Waals surface area contributed by atoms with Crippen molar-refractivity contribution < 1.29 is 0 Å². The smallest absolute Gasteiger partial charge is 0.190 e. The normalized spacial score (nSPS) is 11.4. The SMILES string of the molecule is CCC(CC)CNC(=NC)NCCCc1cnn(C)c1.I. The van der Waals surface area contributed by atoms with E-state index in [1.165, 1.54) is 18.4 Å². The second-order valence-electron chi connectivity index (χ2n) is 5.19. The first-order valence-corrected chi connectivity index (χ1v) is 7.61. The lowest BCUT2D eigenvalue weighted by Gasteiger charge is -2.16. The van der Waals surface area contributed by atoms with Crippen LogP contribution in [0.4, 0.5) is 0 Å². The number of nitrogens with one attached hydrogen (secondary N) is 2. The molecule has 0 aliphatic carbocycles. The van der Waals surface area contributed by atoms with Gasteiger partial charge in [-0.2, -0.15) is 5.10 Å². The van der Waals surface area contributed by atoms with Crippen molar-refractivity contribution in [1.82, 2.24) is 20.4 Å². The van der Waals surface area contributed by atoms with Gasteiger partial charge < -0.3 is 10.6 Å². The highest BCUT2D eigenvalue weighted by Crippen LogP contribution is 2.04. The summed E-state index contributed by atoms with van der Waals surface area (Å²) in [6, 6.07) is 0. The zero-order valence-corrected chi connectivity index (χ0v) is 16.1. The van der Waals surface area contributed by atoms with Crippen molar-refractivity contribution in [2.75, 3.05) is 20.1 Å². The highest BCUT2D eigenvalue weighted by molar-refractivity contribution is 14.0. The maximum atomic E-state index is 4.26. The molecule has 5 nitrogen and oxygen atoms in total. The van der Waals surface area contributed by atoms with Gasteiger partial charge in [-0.1, -0.05) is 26.7 Å². The van der Waals surface area contributed by atoms with Crippen molar-refractivity contribution in [2.24, 2.45) is 18.0 Å². The van der Waals surface area contributed by atoms with E-state index in [1.807, 2.05) is 25.0 Å². The molecular weight excluding hydrogens is 377 g/mol. The number of rotatable bonds is 8. The van der Waals surface area contributed by atoms with Crippen molar-refractivity contribution in [3.05, 3.63) is 18.0 Å². The molecule has 0 spiro atoms. The molecule has 21 heavy (non-hydrogen) atoms. The van der Waals surface area contributed by atoms with Crippen LogP contribution >= 0.6 is 24.0 Å². The third-order valence-corrected chi connectivity index (χ3v) is 3.63. The average Bonchev–Trinajstić information content (AvgIpc) is 2.87. The van der Waals surface area contributed by atoms with E-state index in [0.29, 0.717) is 0 Å². The minimum Gasteiger partial charge on any atom is -0.356 e. The molecule has 0 radical (unpaired) electrons. The van der Waals surface area contributed by atoms with Crippen LogP contribution < -0.4 is 10.6 Å². The summed E-state index contributed by atoms with van der Waals surface area (Å²) in [5, 5.41) is 10.9. The minimum absolute atomic E-state index is 0. The molecule has 0 atom stereocenters. The maximum absolute atomic E-state index is 4.26. The number of aromatic nitrogens is 2. The van der Waals surface area contributed by atoms with Crippen LogP contribution in [-0.4, -0.2) is 35.9 Å². The van der Waals surface area contributed by atoms with E-state index in [4.69, 9.17) is 0 Å². The average molecular weight is 407 g/mol. The van der Waals surface area contributed by atoms with Crippen LogP contribution in [0.2, 0.25) is 0 Å². The Morgan fingerprint density at radius 2 is 2.05 bits per heavy atom. The van der Waals surface area contributed by atoms with Gasteiger partial charge >= 0.3 is 0 Å². The van der Waals surface area contributed by atoms with E-state index in [1.54, 1.807) is 0 Å². The first kappa shape index (κ1) is 20.2. The Morgan fingerprint density at radius 1 is 1.33 bits per heavy atom. The zero-order chi connectivity index (χ0) is 14.8. The standard InChI is InChI=1S/C15H29N5.HI/c1-5-13(6-2)10-18-15(16-3)17-9-7-8-14-11-19-20(4)12-14;/h11-13H,5-10H2,1-4H3,(H2,16,17,18);1H. The van der Waals surface area contributed by atoms with Crippen molar-refractivity contribution in [3.63, 3.8) is 0 Å². The van der Waals surface area contributed by atoms with Crippen molar-refractivity contribution in [2.45, 2.75) is 39.5 Å². The van der Waals surface area contributed by atoms with Crippen molar-refractivity contribution >= 4 is 29.9 Å². The van der Waals surface area contributed by atoms with Gasteiger partial charge in [0.05, 0.1) is 6.20 Å². The predicted molar refractivity (Wildman–Crippen MR) is 100 cm³/mol. The number of hydrogen-bond donors (Lipinski definition) is 2. The van der Waals surface area contributed by atoms with Crippen LogP contribution in [0.5, 0.6) is 0 Å². The second kappa shape index (κ2) is 11.8. The highest BCUT2D eigenvalue weighted by atomic mass is 127. The molecule has 0 saturated carbocycles. The summed E-state index contributed by atoms with van der Waals surface area (Å²) in [4.78, 5) is 4.26. The third kappa shape index (κ3) is 8.28. The second-order valence-corrected chi connectivity index (χ2v) is 5.19. The lowest BCUT2D eigenvalue weighted by atomic mass is 10.0. The number of hydrogen-bond acceptors (Lipinski definition) is 2. The molecule has 122 valence electrons. The first-order valence-electron chi connectivity index (χ1n) is 7.61. The largest absolute Gasteiger partial charge is 0.356 e. The van der Waals surface area contributed by atoms with Crippen LogP contribution in [0.1, 0.15) is 38.7 Å². The maximum Gasteiger partial charge on any atom is 0.190 e. The Bertz CT molecular complexity index is 399.